The number of carbonyl (C=O) groups excluding carboxylic acids is 2. The van der Waals surface area contributed by atoms with E-state index in [9.17, 15) is 9.59 Å². The van der Waals surface area contributed by atoms with E-state index in [0.717, 1.165) is 101 Å². The van der Waals surface area contributed by atoms with Crippen LogP contribution in [0.25, 0.3) is 0 Å². The Kier molecular flexibility index (Phi) is 17.3. The molecule has 6 rings (SSSR count). The van der Waals surface area contributed by atoms with Crippen molar-refractivity contribution in [3.8, 4) is 11.5 Å². The summed E-state index contributed by atoms with van der Waals surface area (Å²) in [6, 6.07) is 37.8. The third kappa shape index (κ3) is 12.7. The van der Waals surface area contributed by atoms with Crippen molar-refractivity contribution < 1.29 is 19.1 Å². The molecule has 8 heteroatoms. The second-order valence-corrected chi connectivity index (χ2v) is 14.7. The minimum atomic E-state index is 0.191. The van der Waals surface area contributed by atoms with Crippen LogP contribution in [0.3, 0.4) is 0 Å². The lowest BCUT2D eigenvalue weighted by atomic mass is 10.0. The lowest BCUT2D eigenvalue weighted by molar-refractivity contribution is -0.119. The van der Waals surface area contributed by atoms with Crippen molar-refractivity contribution in [3.05, 3.63) is 120 Å². The maximum Gasteiger partial charge on any atom is 0.226 e. The van der Waals surface area contributed by atoms with Gasteiger partial charge in [0.1, 0.15) is 11.5 Å². The van der Waals surface area contributed by atoms with E-state index < -0.39 is 0 Å². The first kappa shape index (κ1) is 42.5. The number of rotatable bonds is 16. The molecule has 2 aliphatic heterocycles. The molecule has 0 aromatic heterocycles. The molecular weight excluding hydrogens is 697 g/mol. The van der Waals surface area contributed by atoms with Crippen molar-refractivity contribution in [3.63, 3.8) is 0 Å². The fourth-order valence-corrected chi connectivity index (χ4v) is 7.88. The Balaban J connectivity index is 0.000000214. The number of hydrogen-bond acceptors (Lipinski definition) is 6. The van der Waals surface area contributed by atoms with Crippen LogP contribution in [-0.2, 0) is 22.4 Å². The smallest absolute Gasteiger partial charge is 0.226 e. The van der Waals surface area contributed by atoms with Crippen molar-refractivity contribution in [2.75, 3.05) is 62.3 Å². The highest BCUT2D eigenvalue weighted by atomic mass is 16.5. The van der Waals surface area contributed by atoms with E-state index in [4.69, 9.17) is 9.47 Å². The summed E-state index contributed by atoms with van der Waals surface area (Å²) in [4.78, 5) is 34.5. The highest BCUT2D eigenvalue weighted by molar-refractivity contribution is 5.94. The standard InChI is InChI=1S/2C24H32N2O2/c1-3-24(27)26(22-11-8-12-23(19-22)28-4-2)21-14-17-25(18-15-21)16-13-20-9-6-5-7-10-20;1-3-24(27)26(21-10-12-23(13-11-21)28-4-2)22-15-18-25(19-16-22)17-14-20-8-6-5-7-9-20/h5-12,19,21H,3-4,13-18H2,1-2H3;5-13,22H,3-4,14-19H2,1-2H3. The Bertz CT molecular complexity index is 1720. The monoisotopic (exact) mass is 760 g/mol. The van der Waals surface area contributed by atoms with Crippen LogP contribution in [-0.4, -0.2) is 86.2 Å². The molecule has 0 saturated carbocycles. The number of piperidine rings is 2. The minimum absolute atomic E-state index is 0.191. The first-order chi connectivity index (χ1) is 27.4. The van der Waals surface area contributed by atoms with Crippen LogP contribution >= 0.6 is 0 Å². The number of carbonyl (C=O) groups is 2. The number of likely N-dealkylation sites (tertiary alicyclic amines) is 2. The van der Waals surface area contributed by atoms with Gasteiger partial charge in [-0.3, -0.25) is 9.59 Å². The van der Waals surface area contributed by atoms with Gasteiger partial charge in [0.05, 0.1) is 13.2 Å². The molecule has 2 heterocycles. The van der Waals surface area contributed by atoms with Crippen molar-refractivity contribution in [2.45, 2.75) is 91.1 Å². The third-order valence-electron chi connectivity index (χ3n) is 10.9. The molecule has 56 heavy (non-hydrogen) atoms. The number of ether oxygens (including phenoxy) is 2. The van der Waals surface area contributed by atoms with E-state index in [0.29, 0.717) is 26.1 Å². The topological polar surface area (TPSA) is 65.6 Å². The molecular formula is C48H64N4O4. The minimum Gasteiger partial charge on any atom is -0.494 e. The van der Waals surface area contributed by atoms with Crippen LogP contribution < -0.4 is 19.3 Å². The van der Waals surface area contributed by atoms with E-state index in [1.807, 2.05) is 86.0 Å². The molecule has 0 N–H and O–H groups in total. The Morgan fingerprint density at radius 3 is 1.43 bits per heavy atom. The zero-order chi connectivity index (χ0) is 39.5. The van der Waals surface area contributed by atoms with E-state index >= 15 is 0 Å². The number of hydrogen-bond donors (Lipinski definition) is 0. The van der Waals surface area contributed by atoms with Gasteiger partial charge in [0, 0.05) is 81.6 Å². The molecule has 0 spiro atoms. The van der Waals surface area contributed by atoms with Gasteiger partial charge in [-0.05, 0) is 99.9 Å². The van der Waals surface area contributed by atoms with Crippen LogP contribution in [0.4, 0.5) is 11.4 Å². The molecule has 0 aliphatic carbocycles. The Labute approximate surface area is 336 Å². The van der Waals surface area contributed by atoms with Gasteiger partial charge in [-0.15, -0.1) is 0 Å². The van der Waals surface area contributed by atoms with E-state index in [1.54, 1.807) is 0 Å². The van der Waals surface area contributed by atoms with Crippen molar-refractivity contribution >= 4 is 23.2 Å². The molecule has 2 fully saturated rings. The molecule has 2 aliphatic rings. The van der Waals surface area contributed by atoms with Gasteiger partial charge in [0.2, 0.25) is 11.8 Å². The SMILES string of the molecule is CCOc1ccc(N(C(=O)CC)C2CCN(CCc3ccccc3)CC2)cc1.CCOc1cccc(N(C(=O)CC)C2CCN(CCc3ccccc3)CC2)c1. The Morgan fingerprint density at radius 2 is 0.982 bits per heavy atom. The van der Waals surface area contributed by atoms with Crippen molar-refractivity contribution in [2.24, 2.45) is 0 Å². The normalized spacial score (nSPS) is 15.4. The summed E-state index contributed by atoms with van der Waals surface area (Å²) in [5.41, 5.74) is 4.72. The lowest BCUT2D eigenvalue weighted by Crippen LogP contribution is -2.47. The molecule has 4 aromatic carbocycles. The summed E-state index contributed by atoms with van der Waals surface area (Å²) in [6.07, 6.45) is 7.29. The van der Waals surface area contributed by atoms with Crippen LogP contribution in [0.5, 0.6) is 11.5 Å². The molecule has 0 unspecified atom stereocenters. The number of nitrogens with zero attached hydrogens (tertiary/aromatic N) is 4. The molecule has 0 radical (unpaired) electrons. The maximum absolute atomic E-state index is 12.7. The predicted molar refractivity (Wildman–Crippen MR) is 230 cm³/mol. The first-order valence-electron chi connectivity index (χ1n) is 21.0. The van der Waals surface area contributed by atoms with Gasteiger partial charge < -0.3 is 29.1 Å². The maximum atomic E-state index is 12.7. The Hall–Kier alpha value is -4.66. The molecule has 2 amide bonds. The number of amides is 2. The summed E-state index contributed by atoms with van der Waals surface area (Å²) in [5.74, 6) is 2.07. The highest BCUT2D eigenvalue weighted by Crippen LogP contribution is 2.29. The molecule has 0 bridgehead atoms. The predicted octanol–water partition coefficient (Wildman–Crippen LogP) is 9.07. The summed E-state index contributed by atoms with van der Waals surface area (Å²) in [7, 11) is 0. The quantitative estimate of drug-likeness (QED) is 0.114. The van der Waals surface area contributed by atoms with Crippen LogP contribution in [0.2, 0.25) is 0 Å². The van der Waals surface area contributed by atoms with Gasteiger partial charge in [-0.2, -0.15) is 0 Å². The van der Waals surface area contributed by atoms with Crippen LogP contribution in [0.1, 0.15) is 77.3 Å². The summed E-state index contributed by atoms with van der Waals surface area (Å²) >= 11 is 0. The average Bonchev–Trinajstić information content (AvgIpc) is 3.25. The molecule has 4 aromatic rings. The summed E-state index contributed by atoms with van der Waals surface area (Å²) in [6.45, 7) is 15.5. The molecule has 8 nitrogen and oxygen atoms in total. The number of benzene rings is 4. The Morgan fingerprint density at radius 1 is 0.536 bits per heavy atom. The molecule has 300 valence electrons. The lowest BCUT2D eigenvalue weighted by Gasteiger charge is -2.38. The third-order valence-corrected chi connectivity index (χ3v) is 10.9. The van der Waals surface area contributed by atoms with Crippen LogP contribution in [0.15, 0.2) is 109 Å². The van der Waals surface area contributed by atoms with Gasteiger partial charge in [-0.25, -0.2) is 0 Å². The van der Waals surface area contributed by atoms with Crippen molar-refractivity contribution in [1.82, 2.24) is 9.80 Å². The first-order valence-corrected chi connectivity index (χ1v) is 21.0. The summed E-state index contributed by atoms with van der Waals surface area (Å²) in [5, 5.41) is 0. The fourth-order valence-electron chi connectivity index (χ4n) is 7.88. The second kappa shape index (κ2) is 22.8. The summed E-state index contributed by atoms with van der Waals surface area (Å²) < 4.78 is 11.2. The molecule has 0 atom stereocenters. The zero-order valence-corrected chi connectivity index (χ0v) is 34.3. The molecule has 2 saturated heterocycles. The zero-order valence-electron chi connectivity index (χ0n) is 34.3. The van der Waals surface area contributed by atoms with E-state index in [2.05, 4.69) is 70.5 Å². The van der Waals surface area contributed by atoms with Gasteiger partial charge in [-0.1, -0.05) is 80.6 Å². The van der Waals surface area contributed by atoms with E-state index in [-0.39, 0.29) is 23.9 Å². The van der Waals surface area contributed by atoms with Gasteiger partial charge in [0.25, 0.3) is 0 Å². The highest BCUT2D eigenvalue weighted by Gasteiger charge is 2.30. The average molecular weight is 761 g/mol. The fraction of sp³-hybridized carbons (Fsp3) is 0.458. The van der Waals surface area contributed by atoms with E-state index in [1.165, 1.54) is 11.1 Å². The number of anilines is 2. The van der Waals surface area contributed by atoms with Crippen LogP contribution in [0, 0.1) is 0 Å². The van der Waals surface area contributed by atoms with Gasteiger partial charge in [0.15, 0.2) is 0 Å². The second-order valence-electron chi connectivity index (χ2n) is 14.7. The van der Waals surface area contributed by atoms with Gasteiger partial charge >= 0.3 is 0 Å². The van der Waals surface area contributed by atoms with Crippen molar-refractivity contribution in [1.29, 1.82) is 0 Å². The largest absolute Gasteiger partial charge is 0.494 e.